The molecular weight excluding hydrogens is 118 g/mol. The minimum atomic E-state index is -0.320. The normalized spacial score (nSPS) is 34.8. The van der Waals surface area contributed by atoms with E-state index >= 15 is 0 Å². The Morgan fingerprint density at radius 2 is 2.33 bits per heavy atom. The van der Waals surface area contributed by atoms with Crippen LogP contribution in [0.2, 0.25) is 0 Å². The summed E-state index contributed by atoms with van der Waals surface area (Å²) in [6.45, 7) is 3.91. The van der Waals surface area contributed by atoms with Crippen molar-refractivity contribution in [3.05, 3.63) is 12.3 Å². The summed E-state index contributed by atoms with van der Waals surface area (Å²) < 4.78 is 0. The highest BCUT2D eigenvalue weighted by atomic mass is 16.3. The van der Waals surface area contributed by atoms with Gasteiger partial charge in [0.15, 0.2) is 0 Å². The Bertz CT molecular complexity index is 124. The van der Waals surface area contributed by atoms with Gasteiger partial charge < -0.3 is 15.5 Å². The smallest absolute Gasteiger partial charge is 0.102 e. The van der Waals surface area contributed by atoms with Gasteiger partial charge in [-0.2, -0.15) is 0 Å². The SMILES string of the molecule is C=C(O)[C@@H]1CC(O)CN1. The topological polar surface area (TPSA) is 52.5 Å². The van der Waals surface area contributed by atoms with Crippen molar-refractivity contribution in [2.24, 2.45) is 0 Å². The summed E-state index contributed by atoms with van der Waals surface area (Å²) in [5.74, 6) is 0.117. The Labute approximate surface area is 54.0 Å². The molecule has 1 saturated heterocycles. The van der Waals surface area contributed by atoms with Crippen LogP contribution in [0.5, 0.6) is 0 Å². The second kappa shape index (κ2) is 2.37. The molecule has 0 aromatic heterocycles. The second-order valence-corrected chi connectivity index (χ2v) is 2.34. The lowest BCUT2D eigenvalue weighted by atomic mass is 10.2. The van der Waals surface area contributed by atoms with E-state index < -0.39 is 0 Å². The highest BCUT2D eigenvalue weighted by Crippen LogP contribution is 2.10. The van der Waals surface area contributed by atoms with Crippen molar-refractivity contribution in [1.29, 1.82) is 0 Å². The fraction of sp³-hybridized carbons (Fsp3) is 0.667. The standard InChI is InChI=1S/C6H11NO2/c1-4(8)6-2-5(9)3-7-6/h5-9H,1-3H2/t5?,6-/m0/s1. The summed E-state index contributed by atoms with van der Waals surface area (Å²) >= 11 is 0. The van der Waals surface area contributed by atoms with E-state index in [0.717, 1.165) is 0 Å². The number of hydrogen-bond acceptors (Lipinski definition) is 3. The van der Waals surface area contributed by atoms with E-state index in [2.05, 4.69) is 11.9 Å². The van der Waals surface area contributed by atoms with Gasteiger partial charge in [-0.25, -0.2) is 0 Å². The van der Waals surface area contributed by atoms with E-state index in [1.165, 1.54) is 0 Å². The first kappa shape index (κ1) is 6.58. The number of β-amino-alcohol motifs (C(OH)–C–C–N with tert-alkyl or cyclic N) is 1. The van der Waals surface area contributed by atoms with Gasteiger partial charge in [-0.05, 0) is 6.42 Å². The third-order valence-electron chi connectivity index (χ3n) is 1.51. The first-order chi connectivity index (χ1) is 4.20. The van der Waals surface area contributed by atoms with Crippen molar-refractivity contribution in [1.82, 2.24) is 5.32 Å². The third-order valence-corrected chi connectivity index (χ3v) is 1.51. The molecule has 0 bridgehead atoms. The molecule has 9 heavy (non-hydrogen) atoms. The highest BCUT2D eigenvalue weighted by molar-refractivity contribution is 4.99. The molecular formula is C6H11NO2. The van der Waals surface area contributed by atoms with Gasteiger partial charge in [-0.1, -0.05) is 6.58 Å². The number of hydrogen-bond donors (Lipinski definition) is 3. The quantitative estimate of drug-likeness (QED) is 0.429. The molecule has 0 amide bonds. The number of aliphatic hydroxyl groups excluding tert-OH is 2. The van der Waals surface area contributed by atoms with Gasteiger partial charge in [0.1, 0.15) is 5.76 Å². The minimum Gasteiger partial charge on any atom is -0.511 e. The van der Waals surface area contributed by atoms with Crippen LogP contribution >= 0.6 is 0 Å². The number of rotatable bonds is 1. The monoisotopic (exact) mass is 129 g/mol. The van der Waals surface area contributed by atoms with Crippen LogP contribution in [0.4, 0.5) is 0 Å². The van der Waals surface area contributed by atoms with Crippen LogP contribution in [-0.2, 0) is 0 Å². The zero-order valence-corrected chi connectivity index (χ0v) is 5.17. The van der Waals surface area contributed by atoms with Crippen molar-refractivity contribution in [3.8, 4) is 0 Å². The lowest BCUT2D eigenvalue weighted by molar-refractivity contribution is 0.192. The van der Waals surface area contributed by atoms with Crippen LogP contribution in [-0.4, -0.2) is 28.9 Å². The predicted molar refractivity (Wildman–Crippen MR) is 34.2 cm³/mol. The Hall–Kier alpha value is -0.540. The Morgan fingerprint density at radius 1 is 1.67 bits per heavy atom. The lowest BCUT2D eigenvalue weighted by Gasteiger charge is -2.05. The van der Waals surface area contributed by atoms with Gasteiger partial charge in [-0.3, -0.25) is 0 Å². The predicted octanol–water partition coefficient (Wildman–Crippen LogP) is -0.219. The van der Waals surface area contributed by atoms with Gasteiger partial charge in [0.05, 0.1) is 12.1 Å². The van der Waals surface area contributed by atoms with Crippen molar-refractivity contribution >= 4 is 0 Å². The van der Waals surface area contributed by atoms with E-state index in [4.69, 9.17) is 10.2 Å². The summed E-state index contributed by atoms with van der Waals surface area (Å²) in [5, 5.41) is 20.6. The van der Waals surface area contributed by atoms with Crippen LogP contribution in [0, 0.1) is 0 Å². The largest absolute Gasteiger partial charge is 0.511 e. The average molecular weight is 129 g/mol. The van der Waals surface area contributed by atoms with Crippen LogP contribution in [0.1, 0.15) is 6.42 Å². The first-order valence-corrected chi connectivity index (χ1v) is 2.99. The molecule has 0 radical (unpaired) electrons. The lowest BCUT2D eigenvalue weighted by Crippen LogP contribution is -2.22. The van der Waals surface area contributed by atoms with E-state index in [0.29, 0.717) is 13.0 Å². The van der Waals surface area contributed by atoms with E-state index in [1.807, 2.05) is 0 Å². The summed E-state index contributed by atoms with van der Waals surface area (Å²) in [6.07, 6.45) is 0.258. The molecule has 3 heteroatoms. The molecule has 1 unspecified atom stereocenters. The van der Waals surface area contributed by atoms with Crippen molar-refractivity contribution in [2.75, 3.05) is 6.54 Å². The summed E-state index contributed by atoms with van der Waals surface area (Å²) in [4.78, 5) is 0. The van der Waals surface area contributed by atoms with E-state index in [-0.39, 0.29) is 17.9 Å². The molecule has 2 atom stereocenters. The maximum Gasteiger partial charge on any atom is 0.102 e. The molecule has 3 N–H and O–H groups in total. The highest BCUT2D eigenvalue weighted by Gasteiger charge is 2.23. The van der Waals surface area contributed by atoms with Gasteiger partial charge in [0.2, 0.25) is 0 Å². The fourth-order valence-electron chi connectivity index (χ4n) is 0.971. The Morgan fingerprint density at radius 3 is 2.56 bits per heavy atom. The molecule has 0 aliphatic carbocycles. The fourth-order valence-corrected chi connectivity index (χ4v) is 0.971. The average Bonchev–Trinajstić information content (AvgIpc) is 2.14. The van der Waals surface area contributed by atoms with Crippen LogP contribution in [0.3, 0.4) is 0 Å². The molecule has 1 heterocycles. The number of aliphatic hydroxyl groups is 2. The number of nitrogens with one attached hydrogen (secondary N) is 1. The van der Waals surface area contributed by atoms with Crippen molar-refractivity contribution in [2.45, 2.75) is 18.6 Å². The Balaban J connectivity index is 2.39. The molecule has 0 aromatic rings. The van der Waals surface area contributed by atoms with Crippen molar-refractivity contribution < 1.29 is 10.2 Å². The molecule has 1 aliphatic heterocycles. The molecule has 52 valence electrons. The maximum absolute atomic E-state index is 8.93. The van der Waals surface area contributed by atoms with Crippen molar-refractivity contribution in [3.63, 3.8) is 0 Å². The zero-order chi connectivity index (χ0) is 6.85. The summed E-state index contributed by atoms with van der Waals surface area (Å²) in [6, 6.07) is -0.0972. The third kappa shape index (κ3) is 1.43. The molecule has 1 rings (SSSR count). The zero-order valence-electron chi connectivity index (χ0n) is 5.17. The van der Waals surface area contributed by atoms with Crippen LogP contribution in [0.15, 0.2) is 12.3 Å². The van der Waals surface area contributed by atoms with Crippen LogP contribution in [0.25, 0.3) is 0 Å². The Kier molecular flexibility index (Phi) is 1.73. The minimum absolute atomic E-state index is 0.0972. The van der Waals surface area contributed by atoms with Gasteiger partial charge in [0, 0.05) is 6.54 Å². The van der Waals surface area contributed by atoms with Gasteiger partial charge in [0.25, 0.3) is 0 Å². The molecule has 0 saturated carbocycles. The molecule has 1 fully saturated rings. The first-order valence-electron chi connectivity index (χ1n) is 2.99. The molecule has 0 spiro atoms. The summed E-state index contributed by atoms with van der Waals surface area (Å²) in [7, 11) is 0. The molecule has 1 aliphatic rings. The maximum atomic E-state index is 8.93. The second-order valence-electron chi connectivity index (χ2n) is 2.34. The summed E-state index contributed by atoms with van der Waals surface area (Å²) in [5.41, 5.74) is 0. The molecule has 3 nitrogen and oxygen atoms in total. The van der Waals surface area contributed by atoms with Gasteiger partial charge in [-0.15, -0.1) is 0 Å². The van der Waals surface area contributed by atoms with E-state index in [9.17, 15) is 0 Å². The van der Waals surface area contributed by atoms with Crippen LogP contribution < -0.4 is 5.32 Å². The van der Waals surface area contributed by atoms with E-state index in [1.54, 1.807) is 0 Å². The molecule has 0 aromatic carbocycles. The van der Waals surface area contributed by atoms with Gasteiger partial charge >= 0.3 is 0 Å².